The standard InChI is InChI=1S/C21H37N3O/c1-3-23(4-2)8-9-24-7-5-6-19(24)21(25)22-20-17-11-15-10-16(13-17)14-18(20)12-15/h15-20H,3-14H2,1-2H3,(H,22,25)/t15?,16?,17?,18?,19-,20?/m1/s1. The number of carbonyl (C=O) groups is 1. The Labute approximate surface area is 153 Å². The third kappa shape index (κ3) is 3.62. The number of hydrogen-bond donors (Lipinski definition) is 1. The zero-order valence-corrected chi connectivity index (χ0v) is 16.3. The average molecular weight is 348 g/mol. The van der Waals surface area contributed by atoms with Crippen molar-refractivity contribution in [2.24, 2.45) is 23.7 Å². The maximum atomic E-state index is 13.1. The zero-order valence-electron chi connectivity index (χ0n) is 16.3. The van der Waals surface area contributed by atoms with Gasteiger partial charge in [-0.3, -0.25) is 9.69 Å². The summed E-state index contributed by atoms with van der Waals surface area (Å²) in [4.78, 5) is 18.0. The van der Waals surface area contributed by atoms with E-state index in [0.29, 0.717) is 11.9 Å². The van der Waals surface area contributed by atoms with E-state index in [1.807, 2.05) is 0 Å². The van der Waals surface area contributed by atoms with Crippen LogP contribution in [0, 0.1) is 23.7 Å². The van der Waals surface area contributed by atoms with E-state index in [-0.39, 0.29) is 6.04 Å². The number of amides is 1. The fraction of sp³-hybridized carbons (Fsp3) is 0.952. The van der Waals surface area contributed by atoms with Gasteiger partial charge in [0.25, 0.3) is 0 Å². The smallest absolute Gasteiger partial charge is 0.237 e. The minimum absolute atomic E-state index is 0.132. The molecule has 4 saturated carbocycles. The van der Waals surface area contributed by atoms with Gasteiger partial charge in [-0.25, -0.2) is 0 Å². The Bertz CT molecular complexity index is 448. The molecule has 0 aromatic heterocycles. The summed E-state index contributed by atoms with van der Waals surface area (Å²) >= 11 is 0. The van der Waals surface area contributed by atoms with Gasteiger partial charge in [0.1, 0.15) is 0 Å². The quantitative estimate of drug-likeness (QED) is 0.769. The van der Waals surface area contributed by atoms with E-state index in [1.54, 1.807) is 0 Å². The minimum atomic E-state index is 0.132. The second-order valence-corrected chi connectivity index (χ2v) is 9.19. The molecule has 1 atom stereocenters. The van der Waals surface area contributed by atoms with Crippen molar-refractivity contribution in [3.63, 3.8) is 0 Å². The summed E-state index contributed by atoms with van der Waals surface area (Å²) in [6.45, 7) is 9.90. The molecule has 1 aliphatic heterocycles. The second-order valence-electron chi connectivity index (χ2n) is 9.19. The summed E-state index contributed by atoms with van der Waals surface area (Å²) in [5.41, 5.74) is 0. The minimum Gasteiger partial charge on any atom is -0.351 e. The molecule has 4 heteroatoms. The molecule has 5 aliphatic rings. The molecular formula is C21H37N3O. The van der Waals surface area contributed by atoms with Crippen LogP contribution in [0.4, 0.5) is 0 Å². The lowest BCUT2D eigenvalue weighted by Gasteiger charge is -2.54. The topological polar surface area (TPSA) is 35.6 Å². The van der Waals surface area contributed by atoms with E-state index in [4.69, 9.17) is 0 Å². The number of carbonyl (C=O) groups excluding carboxylic acids is 1. The maximum Gasteiger partial charge on any atom is 0.237 e. The monoisotopic (exact) mass is 347 g/mol. The van der Waals surface area contributed by atoms with Gasteiger partial charge in [0.15, 0.2) is 0 Å². The first kappa shape index (κ1) is 17.8. The molecule has 4 nitrogen and oxygen atoms in total. The van der Waals surface area contributed by atoms with Crippen molar-refractivity contribution < 1.29 is 4.79 Å². The van der Waals surface area contributed by atoms with Gasteiger partial charge in [0.2, 0.25) is 5.91 Å². The number of nitrogens with zero attached hydrogens (tertiary/aromatic N) is 2. The van der Waals surface area contributed by atoms with Crippen LogP contribution in [-0.2, 0) is 4.79 Å². The van der Waals surface area contributed by atoms with E-state index in [2.05, 4.69) is 29.0 Å². The van der Waals surface area contributed by atoms with E-state index in [1.165, 1.54) is 38.5 Å². The van der Waals surface area contributed by atoms with Crippen molar-refractivity contribution in [3.05, 3.63) is 0 Å². The molecular weight excluding hydrogens is 310 g/mol. The molecule has 1 heterocycles. The Hall–Kier alpha value is -0.610. The average Bonchev–Trinajstić information content (AvgIpc) is 3.07. The van der Waals surface area contributed by atoms with Crippen LogP contribution in [0.25, 0.3) is 0 Å². The molecule has 5 rings (SSSR count). The van der Waals surface area contributed by atoms with Gasteiger partial charge in [0, 0.05) is 19.1 Å². The Morgan fingerprint density at radius 2 is 1.68 bits per heavy atom. The number of nitrogens with one attached hydrogen (secondary N) is 1. The van der Waals surface area contributed by atoms with Gasteiger partial charge < -0.3 is 10.2 Å². The predicted molar refractivity (Wildman–Crippen MR) is 101 cm³/mol. The summed E-state index contributed by atoms with van der Waals surface area (Å²) in [7, 11) is 0. The molecule has 4 aliphatic carbocycles. The van der Waals surface area contributed by atoms with Crippen LogP contribution in [0.3, 0.4) is 0 Å². The number of hydrogen-bond acceptors (Lipinski definition) is 3. The maximum absolute atomic E-state index is 13.1. The van der Waals surface area contributed by atoms with Gasteiger partial charge in [-0.2, -0.15) is 0 Å². The van der Waals surface area contributed by atoms with Gasteiger partial charge in [-0.15, -0.1) is 0 Å². The molecule has 5 fully saturated rings. The summed E-state index contributed by atoms with van der Waals surface area (Å²) in [6.07, 6.45) is 9.25. The SMILES string of the molecule is CCN(CC)CCN1CCC[C@@H]1C(=O)NC1C2CC3CC(C2)CC1C3. The number of likely N-dealkylation sites (N-methyl/N-ethyl adjacent to an activating group) is 1. The van der Waals surface area contributed by atoms with E-state index in [0.717, 1.165) is 62.8 Å². The summed E-state index contributed by atoms with van der Waals surface area (Å²) in [5, 5.41) is 3.56. The Morgan fingerprint density at radius 1 is 1.04 bits per heavy atom. The molecule has 0 unspecified atom stereocenters. The highest BCUT2D eigenvalue weighted by Gasteiger charge is 2.49. The highest BCUT2D eigenvalue weighted by atomic mass is 16.2. The van der Waals surface area contributed by atoms with Crippen molar-refractivity contribution in [1.29, 1.82) is 0 Å². The second kappa shape index (κ2) is 7.56. The van der Waals surface area contributed by atoms with E-state index >= 15 is 0 Å². The largest absolute Gasteiger partial charge is 0.351 e. The summed E-state index contributed by atoms with van der Waals surface area (Å²) in [6, 6.07) is 0.623. The lowest BCUT2D eigenvalue weighted by atomic mass is 9.54. The molecule has 1 N–H and O–H groups in total. The first-order chi connectivity index (χ1) is 12.2. The van der Waals surface area contributed by atoms with Crippen molar-refractivity contribution in [2.45, 2.75) is 70.9 Å². The van der Waals surface area contributed by atoms with Gasteiger partial charge >= 0.3 is 0 Å². The normalized spacial score (nSPS) is 40.1. The van der Waals surface area contributed by atoms with Gasteiger partial charge in [0.05, 0.1) is 6.04 Å². The van der Waals surface area contributed by atoms with Crippen LogP contribution in [0.2, 0.25) is 0 Å². The fourth-order valence-electron chi connectivity index (χ4n) is 6.62. The molecule has 4 bridgehead atoms. The number of likely N-dealkylation sites (tertiary alicyclic amines) is 1. The van der Waals surface area contributed by atoms with Crippen molar-refractivity contribution in [3.8, 4) is 0 Å². The van der Waals surface area contributed by atoms with Crippen LogP contribution in [0.1, 0.15) is 58.8 Å². The summed E-state index contributed by atoms with van der Waals surface area (Å²) in [5.74, 6) is 3.87. The van der Waals surface area contributed by atoms with Crippen LogP contribution in [0.15, 0.2) is 0 Å². The highest BCUT2D eigenvalue weighted by Crippen LogP contribution is 2.53. The van der Waals surface area contributed by atoms with Crippen molar-refractivity contribution >= 4 is 5.91 Å². The predicted octanol–water partition coefficient (Wildman–Crippen LogP) is 2.73. The van der Waals surface area contributed by atoms with Gasteiger partial charge in [-0.05, 0) is 88.3 Å². The molecule has 25 heavy (non-hydrogen) atoms. The van der Waals surface area contributed by atoms with Gasteiger partial charge in [-0.1, -0.05) is 13.8 Å². The van der Waals surface area contributed by atoms with E-state index in [9.17, 15) is 4.79 Å². The molecule has 0 aromatic rings. The lowest BCUT2D eigenvalue weighted by molar-refractivity contribution is -0.129. The van der Waals surface area contributed by atoms with Crippen LogP contribution >= 0.6 is 0 Å². The van der Waals surface area contributed by atoms with Crippen molar-refractivity contribution in [1.82, 2.24) is 15.1 Å². The van der Waals surface area contributed by atoms with Crippen molar-refractivity contribution in [2.75, 3.05) is 32.7 Å². The van der Waals surface area contributed by atoms with Crippen LogP contribution < -0.4 is 5.32 Å². The molecule has 0 aromatic carbocycles. The third-order valence-corrected chi connectivity index (χ3v) is 7.80. The van der Waals surface area contributed by atoms with E-state index < -0.39 is 0 Å². The molecule has 1 amide bonds. The molecule has 142 valence electrons. The Balaban J connectivity index is 1.32. The lowest BCUT2D eigenvalue weighted by Crippen LogP contribution is -2.58. The number of rotatable bonds is 7. The van der Waals surface area contributed by atoms with Crippen LogP contribution in [0.5, 0.6) is 0 Å². The summed E-state index contributed by atoms with van der Waals surface area (Å²) < 4.78 is 0. The third-order valence-electron chi connectivity index (χ3n) is 7.80. The molecule has 0 spiro atoms. The molecule has 1 saturated heterocycles. The fourth-order valence-corrected chi connectivity index (χ4v) is 6.62. The van der Waals surface area contributed by atoms with Crippen LogP contribution in [-0.4, -0.2) is 60.5 Å². The first-order valence-corrected chi connectivity index (χ1v) is 10.9. The zero-order chi connectivity index (χ0) is 17.4. The molecule has 0 radical (unpaired) electrons. The highest BCUT2D eigenvalue weighted by molar-refractivity contribution is 5.82. The Kier molecular flexibility index (Phi) is 5.38. The first-order valence-electron chi connectivity index (χ1n) is 10.9. The Morgan fingerprint density at radius 3 is 2.28 bits per heavy atom.